The van der Waals surface area contributed by atoms with E-state index in [1.54, 1.807) is 11.3 Å². The second-order valence-electron chi connectivity index (χ2n) is 12.2. The first-order valence-corrected chi connectivity index (χ1v) is 16.1. The molecular weight excluding hydrogens is 593 g/mol. The Labute approximate surface area is 269 Å². The van der Waals surface area contributed by atoms with Gasteiger partial charge in [-0.25, -0.2) is 4.98 Å². The Kier molecular flexibility index (Phi) is 6.59. The molecule has 0 saturated heterocycles. The lowest BCUT2D eigenvalue weighted by Gasteiger charge is -2.22. The van der Waals surface area contributed by atoms with Crippen LogP contribution in [0.4, 0.5) is 8.78 Å². The zero-order valence-corrected chi connectivity index (χ0v) is 26.4. The van der Waals surface area contributed by atoms with Gasteiger partial charge in [0, 0.05) is 22.1 Å². The molecule has 8 rings (SSSR count). The van der Waals surface area contributed by atoms with Crippen LogP contribution in [-0.2, 0) is 5.41 Å². The monoisotopic (exact) mass is 621 g/mol. The van der Waals surface area contributed by atoms with Crippen molar-refractivity contribution >= 4 is 33.4 Å². The topological polar surface area (TPSA) is 30.2 Å². The van der Waals surface area contributed by atoms with Gasteiger partial charge in [0.2, 0.25) is 11.9 Å². The Morgan fingerprint density at radius 2 is 1.37 bits per heavy atom. The number of hydrogen-bond donors (Lipinski definition) is 0. The average molecular weight is 622 g/mol. The van der Waals surface area contributed by atoms with E-state index in [9.17, 15) is 8.78 Å². The average Bonchev–Trinajstić information content (AvgIpc) is 3.68. The summed E-state index contributed by atoms with van der Waals surface area (Å²) in [6.07, 6.45) is 10.4. The van der Waals surface area contributed by atoms with E-state index in [1.807, 2.05) is 37.3 Å². The zero-order valence-electron chi connectivity index (χ0n) is 25.6. The fourth-order valence-corrected chi connectivity index (χ4v) is 7.61. The summed E-state index contributed by atoms with van der Waals surface area (Å²) in [6, 6.07) is 30.3. The fraction of sp³-hybridized carbons (Fsp3) is 0.100. The van der Waals surface area contributed by atoms with E-state index >= 15 is 0 Å². The standard InChI is InChI=1S/C40H29F2N3S/c1-4-5-6-10-29-22-35-39(46-29)45-23-28(13-18-37(45)43-35)25-9-7-8-24(19-25)26-11-14-31-32-15-12-27(30-16-17-36(41)44-38(30)42)21-34(32)40(2,3)33(31)20-26/h4-23H,1-3H3/b5-4-,10-6-. The van der Waals surface area contributed by atoms with Crippen LogP contribution in [0.15, 0.2) is 115 Å². The van der Waals surface area contributed by atoms with E-state index in [1.165, 1.54) is 28.1 Å². The second kappa shape index (κ2) is 10.7. The molecule has 6 heteroatoms. The van der Waals surface area contributed by atoms with Crippen LogP contribution in [0.3, 0.4) is 0 Å². The Morgan fingerprint density at radius 1 is 0.696 bits per heavy atom. The number of benzene rings is 3. The van der Waals surface area contributed by atoms with Gasteiger partial charge < -0.3 is 0 Å². The largest absolute Gasteiger partial charge is 0.290 e. The van der Waals surface area contributed by atoms with E-state index in [0.29, 0.717) is 11.1 Å². The number of fused-ring (bicyclic) bond motifs is 6. The summed E-state index contributed by atoms with van der Waals surface area (Å²) in [7, 11) is 0. The number of nitrogens with zero attached hydrogens (tertiary/aromatic N) is 3. The van der Waals surface area contributed by atoms with E-state index in [0.717, 1.165) is 49.4 Å². The van der Waals surface area contributed by atoms with Gasteiger partial charge >= 0.3 is 0 Å². The van der Waals surface area contributed by atoms with Gasteiger partial charge in [0.1, 0.15) is 16.0 Å². The predicted octanol–water partition coefficient (Wildman–Crippen LogP) is 11.1. The van der Waals surface area contributed by atoms with Crippen molar-refractivity contribution in [3.8, 4) is 44.5 Å². The minimum absolute atomic E-state index is 0.295. The molecule has 0 amide bonds. The molecule has 3 nitrogen and oxygen atoms in total. The number of thiophene rings is 1. The number of aromatic nitrogens is 3. The molecule has 0 N–H and O–H groups in total. The number of allylic oxidation sites excluding steroid dienone is 3. The SMILES string of the molecule is C/C=C\C=C/c1cc2nc3ccc(-c4cccc(-c5ccc6c(c5)C(C)(C)c5cc(-c7ccc(F)nc7F)ccc5-6)c4)cn3c2s1. The molecule has 0 aliphatic heterocycles. The molecule has 0 unspecified atom stereocenters. The maximum absolute atomic E-state index is 14.6. The van der Waals surface area contributed by atoms with E-state index in [2.05, 4.69) is 102 Å². The molecule has 224 valence electrons. The second-order valence-corrected chi connectivity index (χ2v) is 13.2. The molecule has 0 fully saturated rings. The molecule has 4 heterocycles. The molecule has 0 bridgehead atoms. The minimum atomic E-state index is -0.823. The highest BCUT2D eigenvalue weighted by atomic mass is 32.1. The first-order chi connectivity index (χ1) is 22.3. The predicted molar refractivity (Wildman–Crippen MR) is 186 cm³/mol. The summed E-state index contributed by atoms with van der Waals surface area (Å²) in [5, 5.41) is 0. The van der Waals surface area contributed by atoms with Gasteiger partial charge in [0.25, 0.3) is 0 Å². The van der Waals surface area contributed by atoms with E-state index in [4.69, 9.17) is 4.98 Å². The highest BCUT2D eigenvalue weighted by molar-refractivity contribution is 7.19. The Morgan fingerprint density at radius 3 is 2.13 bits per heavy atom. The Bertz CT molecular complexity index is 2390. The van der Waals surface area contributed by atoms with Crippen LogP contribution in [0.5, 0.6) is 0 Å². The summed E-state index contributed by atoms with van der Waals surface area (Å²) >= 11 is 1.74. The van der Waals surface area contributed by atoms with Gasteiger partial charge in [-0.2, -0.15) is 13.8 Å². The van der Waals surface area contributed by atoms with Crippen molar-refractivity contribution in [2.24, 2.45) is 0 Å². The van der Waals surface area contributed by atoms with Crippen molar-refractivity contribution in [3.63, 3.8) is 0 Å². The van der Waals surface area contributed by atoms with Gasteiger partial charge in [0.15, 0.2) is 0 Å². The summed E-state index contributed by atoms with van der Waals surface area (Å²) in [6.45, 7) is 6.42. The van der Waals surface area contributed by atoms with Gasteiger partial charge in [-0.3, -0.25) is 4.40 Å². The number of imidazole rings is 1. The first-order valence-electron chi connectivity index (χ1n) is 15.2. The minimum Gasteiger partial charge on any atom is -0.290 e. The molecule has 4 aromatic heterocycles. The molecular formula is C40H29F2N3S. The molecule has 0 spiro atoms. The molecule has 1 aliphatic rings. The highest BCUT2D eigenvalue weighted by Gasteiger charge is 2.36. The summed E-state index contributed by atoms with van der Waals surface area (Å²) < 4.78 is 30.2. The van der Waals surface area contributed by atoms with Crippen LogP contribution in [0.1, 0.15) is 36.8 Å². The van der Waals surface area contributed by atoms with Crippen LogP contribution in [0.2, 0.25) is 0 Å². The van der Waals surface area contributed by atoms with Crippen molar-refractivity contribution < 1.29 is 8.78 Å². The van der Waals surface area contributed by atoms with Crippen molar-refractivity contribution in [2.75, 3.05) is 0 Å². The number of pyridine rings is 2. The van der Waals surface area contributed by atoms with Crippen LogP contribution in [0.25, 0.3) is 66.6 Å². The Hall–Kier alpha value is -5.20. The Balaban J connectivity index is 1.14. The maximum Gasteiger partial charge on any atom is 0.223 e. The first kappa shape index (κ1) is 28.3. The lowest BCUT2D eigenvalue weighted by atomic mass is 9.81. The number of hydrogen-bond acceptors (Lipinski definition) is 3. The quantitative estimate of drug-likeness (QED) is 0.141. The lowest BCUT2D eigenvalue weighted by Crippen LogP contribution is -2.15. The van der Waals surface area contributed by atoms with E-state index in [-0.39, 0.29) is 5.41 Å². The number of halogens is 2. The van der Waals surface area contributed by atoms with Gasteiger partial charge in [-0.1, -0.05) is 74.5 Å². The van der Waals surface area contributed by atoms with Gasteiger partial charge in [0.05, 0.1) is 0 Å². The van der Waals surface area contributed by atoms with Gasteiger partial charge in [-0.05, 0) is 112 Å². The van der Waals surface area contributed by atoms with Crippen molar-refractivity contribution in [1.82, 2.24) is 14.4 Å². The third-order valence-corrected chi connectivity index (χ3v) is 10.1. The molecule has 1 aliphatic carbocycles. The van der Waals surface area contributed by atoms with E-state index < -0.39 is 11.9 Å². The smallest absolute Gasteiger partial charge is 0.223 e. The normalized spacial score (nSPS) is 13.8. The molecule has 0 radical (unpaired) electrons. The fourth-order valence-electron chi connectivity index (χ4n) is 6.62. The zero-order chi connectivity index (χ0) is 31.6. The molecule has 7 aromatic rings. The van der Waals surface area contributed by atoms with Crippen LogP contribution in [0, 0.1) is 11.9 Å². The van der Waals surface area contributed by atoms with Crippen LogP contribution >= 0.6 is 11.3 Å². The molecule has 0 atom stereocenters. The third kappa shape index (κ3) is 4.60. The van der Waals surface area contributed by atoms with Crippen molar-refractivity contribution in [2.45, 2.75) is 26.2 Å². The van der Waals surface area contributed by atoms with Gasteiger partial charge in [-0.15, -0.1) is 11.3 Å². The van der Waals surface area contributed by atoms with Crippen LogP contribution in [-0.4, -0.2) is 14.4 Å². The molecule has 0 saturated carbocycles. The summed E-state index contributed by atoms with van der Waals surface area (Å²) in [4.78, 5) is 10.5. The highest BCUT2D eigenvalue weighted by Crippen LogP contribution is 2.50. The molecule has 3 aromatic carbocycles. The summed E-state index contributed by atoms with van der Waals surface area (Å²) in [5.41, 5.74) is 11.8. The third-order valence-electron chi connectivity index (χ3n) is 8.99. The molecule has 46 heavy (non-hydrogen) atoms. The van der Waals surface area contributed by atoms with Crippen LogP contribution < -0.4 is 0 Å². The van der Waals surface area contributed by atoms with Crippen molar-refractivity contribution in [1.29, 1.82) is 0 Å². The lowest BCUT2D eigenvalue weighted by molar-refractivity contribution is 0.515. The maximum atomic E-state index is 14.6. The van der Waals surface area contributed by atoms with Crippen molar-refractivity contribution in [3.05, 3.63) is 143 Å². The summed E-state index contributed by atoms with van der Waals surface area (Å²) in [5.74, 6) is -1.62. The number of rotatable bonds is 5.